The van der Waals surface area contributed by atoms with Crippen molar-refractivity contribution in [1.82, 2.24) is 10.2 Å². The minimum absolute atomic E-state index is 0.0636. The van der Waals surface area contributed by atoms with E-state index >= 15 is 0 Å². The molecule has 0 saturated carbocycles. The number of carbonyl (C=O) groups is 6. The van der Waals surface area contributed by atoms with Gasteiger partial charge in [0.15, 0.2) is 11.6 Å². The first-order valence-corrected chi connectivity index (χ1v) is 17.0. The van der Waals surface area contributed by atoms with Gasteiger partial charge in [0.25, 0.3) is 11.8 Å². The highest BCUT2D eigenvalue weighted by molar-refractivity contribution is 6.09. The number of aromatic carboxylic acids is 1. The Morgan fingerprint density at radius 1 is 0.714 bits per heavy atom. The quantitative estimate of drug-likeness (QED) is 0.0728. The van der Waals surface area contributed by atoms with Gasteiger partial charge in [-0.2, -0.15) is 10.4 Å². The third-order valence-corrected chi connectivity index (χ3v) is 8.89. The van der Waals surface area contributed by atoms with E-state index in [-0.39, 0.29) is 75.7 Å². The molecule has 1 atom stereocenters. The van der Waals surface area contributed by atoms with Gasteiger partial charge in [-0.3, -0.25) is 24.0 Å². The van der Waals surface area contributed by atoms with Crippen molar-refractivity contribution in [1.29, 1.82) is 5.26 Å². The number of hydrogen-bond donors (Lipinski definition) is 6. The molecular weight excluding hydrogens is 720 g/mol. The molecule has 5 aromatic rings. The van der Waals surface area contributed by atoms with E-state index in [0.717, 1.165) is 6.07 Å². The van der Waals surface area contributed by atoms with Crippen LogP contribution in [0.2, 0.25) is 0 Å². The summed E-state index contributed by atoms with van der Waals surface area (Å²) in [6.07, 6.45) is 1.06. The molecule has 5 rings (SSSR count). The average Bonchev–Trinajstić information content (AvgIpc) is 3.19. The first-order chi connectivity index (χ1) is 26.8. The molecule has 0 bridgehead atoms. The maximum atomic E-state index is 13.1. The molecule has 1 aromatic heterocycles. The minimum Gasteiger partial charge on any atom is -0.507 e. The number of carbonyl (C=O) groups excluding carboxylic acids is 5. The van der Waals surface area contributed by atoms with Gasteiger partial charge in [0.05, 0.1) is 17.6 Å². The normalized spacial score (nSPS) is 11.1. The second-order valence-corrected chi connectivity index (χ2v) is 12.6. The van der Waals surface area contributed by atoms with Crippen LogP contribution in [0.15, 0.2) is 91.1 Å². The molecule has 0 radical (unpaired) electrons. The number of hydrogen-bond acceptors (Lipinski definition) is 11. The van der Waals surface area contributed by atoms with Gasteiger partial charge in [-0.1, -0.05) is 24.3 Å². The Kier molecular flexibility index (Phi) is 12.3. The fourth-order valence-electron chi connectivity index (χ4n) is 5.60. The summed E-state index contributed by atoms with van der Waals surface area (Å²) in [7, 11) is 0. The van der Waals surface area contributed by atoms with Gasteiger partial charge >= 0.3 is 5.97 Å². The molecule has 0 fully saturated rings. The van der Waals surface area contributed by atoms with Crippen molar-refractivity contribution in [3.63, 3.8) is 0 Å². The molecule has 3 amide bonds. The Morgan fingerprint density at radius 2 is 1.30 bits per heavy atom. The number of rotatable bonds is 14. The predicted molar refractivity (Wildman–Crippen MR) is 203 cm³/mol. The van der Waals surface area contributed by atoms with E-state index in [1.54, 1.807) is 36.4 Å². The summed E-state index contributed by atoms with van der Waals surface area (Å²) in [4.78, 5) is 75.9. The summed E-state index contributed by atoms with van der Waals surface area (Å²) in [6.45, 7) is 2.91. The first kappa shape index (κ1) is 39.5. The molecule has 0 aliphatic carbocycles. The summed E-state index contributed by atoms with van der Waals surface area (Å²) in [6, 6.07) is 22.5. The highest BCUT2D eigenvalue weighted by Crippen LogP contribution is 2.32. The largest absolute Gasteiger partial charge is 0.507 e. The van der Waals surface area contributed by atoms with Crippen molar-refractivity contribution < 1.29 is 44.1 Å². The van der Waals surface area contributed by atoms with E-state index in [0.29, 0.717) is 16.8 Å². The Morgan fingerprint density at radius 3 is 1.89 bits per heavy atom. The number of nitriles is 1. The summed E-state index contributed by atoms with van der Waals surface area (Å²) < 4.78 is 0. The van der Waals surface area contributed by atoms with Crippen molar-refractivity contribution >= 4 is 52.3 Å². The number of nitrogens with zero attached hydrogens (tertiary/aromatic N) is 3. The van der Waals surface area contributed by atoms with Crippen molar-refractivity contribution in [2.24, 2.45) is 5.92 Å². The zero-order valence-corrected chi connectivity index (χ0v) is 30.0. The van der Waals surface area contributed by atoms with Crippen LogP contribution >= 0.6 is 0 Å². The van der Waals surface area contributed by atoms with Crippen molar-refractivity contribution in [3.8, 4) is 17.6 Å². The average molecular weight is 755 g/mol. The Bertz CT molecular complexity index is 2390. The second-order valence-electron chi connectivity index (χ2n) is 12.6. The summed E-state index contributed by atoms with van der Waals surface area (Å²) >= 11 is 0. The van der Waals surface area contributed by atoms with E-state index < -0.39 is 41.1 Å². The molecule has 4 aromatic carbocycles. The lowest BCUT2D eigenvalue weighted by Gasteiger charge is -2.15. The van der Waals surface area contributed by atoms with Gasteiger partial charge in [0.2, 0.25) is 5.91 Å². The van der Waals surface area contributed by atoms with E-state index in [9.17, 15) is 49.3 Å². The fraction of sp³-hybridized carbons (Fsp3) is 0.146. The highest BCUT2D eigenvalue weighted by atomic mass is 16.4. The van der Waals surface area contributed by atoms with Crippen LogP contribution in [-0.2, 0) is 11.2 Å². The van der Waals surface area contributed by atoms with Gasteiger partial charge in [-0.25, -0.2) is 4.79 Å². The number of aromatic nitrogens is 2. The van der Waals surface area contributed by atoms with Crippen molar-refractivity contribution in [3.05, 3.63) is 136 Å². The van der Waals surface area contributed by atoms with E-state index in [4.69, 9.17) is 0 Å². The number of anilines is 3. The van der Waals surface area contributed by atoms with Crippen molar-refractivity contribution in [2.75, 3.05) is 16.0 Å². The zero-order chi connectivity index (χ0) is 40.5. The second kappa shape index (κ2) is 17.4. The van der Waals surface area contributed by atoms with Gasteiger partial charge in [-0.05, 0) is 80.1 Å². The topological polar surface area (TPSA) is 249 Å². The molecule has 15 heteroatoms. The van der Waals surface area contributed by atoms with Crippen LogP contribution in [0.5, 0.6) is 11.5 Å². The summed E-state index contributed by atoms with van der Waals surface area (Å²) in [5.41, 5.74) is 1.86. The fourth-order valence-corrected chi connectivity index (χ4v) is 5.60. The third kappa shape index (κ3) is 9.25. The number of amides is 3. The van der Waals surface area contributed by atoms with Crippen LogP contribution in [0.25, 0.3) is 0 Å². The molecule has 56 heavy (non-hydrogen) atoms. The maximum absolute atomic E-state index is 13.1. The SMILES string of the molecule is Cc1c(NC(=O)c2ccc(NC(=O)c3ccc(NC(=O)C(CC#N)CC(=O)c4ccc(CC(=O)c5cccnn5)cc4)cc3)c(C)c2O)ccc(C(=O)O)c1O. The van der Waals surface area contributed by atoms with Crippen LogP contribution in [-0.4, -0.2) is 60.8 Å². The molecule has 1 unspecified atom stereocenters. The third-order valence-electron chi connectivity index (χ3n) is 8.89. The maximum Gasteiger partial charge on any atom is 0.339 e. The molecule has 0 saturated heterocycles. The lowest BCUT2D eigenvalue weighted by atomic mass is 9.94. The number of Topliss-reactive ketones (excluding diaryl/α,β-unsaturated/α-hetero) is 2. The molecule has 282 valence electrons. The van der Waals surface area contributed by atoms with E-state index in [2.05, 4.69) is 26.1 Å². The molecule has 0 spiro atoms. The lowest BCUT2D eigenvalue weighted by Crippen LogP contribution is -2.25. The highest BCUT2D eigenvalue weighted by Gasteiger charge is 2.24. The number of benzene rings is 4. The number of phenolic OH excluding ortho intramolecular Hbond substituents is 1. The molecule has 1 heterocycles. The van der Waals surface area contributed by atoms with Crippen LogP contribution in [0, 0.1) is 31.1 Å². The number of carboxylic acid groups (broad SMARTS) is 1. The minimum atomic E-state index is -1.34. The lowest BCUT2D eigenvalue weighted by molar-refractivity contribution is -0.119. The number of carboxylic acids is 1. The Labute approximate surface area is 319 Å². The standard InChI is InChI=1S/C41H34N6O9/c1-22-31(15-13-29(36(22)50)40(54)46-32-16-14-30(41(55)56)37(51)23(32)2)45-38(52)26-9-11-28(12-10-26)44-39(53)27(17-18-42)21-34(48)25-7-5-24(6-8-25)20-35(49)33-4-3-19-43-47-33/h3-16,19,27,50-51H,17,20-21H2,1-2H3,(H,44,53)(H,45,52)(H,46,54)(H,55,56). The van der Waals surface area contributed by atoms with Crippen LogP contribution in [0.3, 0.4) is 0 Å². The molecule has 0 aliphatic heterocycles. The molecule has 0 aliphatic rings. The molecule has 15 nitrogen and oxygen atoms in total. The Hall–Kier alpha value is -7.73. The number of nitrogens with one attached hydrogen (secondary N) is 3. The number of ketones is 2. The van der Waals surface area contributed by atoms with E-state index in [1.807, 2.05) is 6.07 Å². The van der Waals surface area contributed by atoms with Gasteiger partial charge in [-0.15, -0.1) is 5.10 Å². The molecule has 6 N–H and O–H groups in total. The summed E-state index contributed by atoms with van der Waals surface area (Å²) in [5.74, 6) is -5.71. The monoisotopic (exact) mass is 754 g/mol. The van der Waals surface area contributed by atoms with Crippen LogP contribution in [0.4, 0.5) is 17.1 Å². The summed E-state index contributed by atoms with van der Waals surface area (Å²) in [5, 5.41) is 54.9. The van der Waals surface area contributed by atoms with Gasteiger partial charge < -0.3 is 31.3 Å². The van der Waals surface area contributed by atoms with Gasteiger partial charge in [0, 0.05) is 64.8 Å². The van der Waals surface area contributed by atoms with Crippen LogP contribution < -0.4 is 16.0 Å². The molecular formula is C41H34N6O9. The first-order valence-electron chi connectivity index (χ1n) is 17.0. The van der Waals surface area contributed by atoms with Crippen LogP contribution in [0.1, 0.15) is 81.5 Å². The number of aromatic hydroxyl groups is 2. The smallest absolute Gasteiger partial charge is 0.339 e. The Balaban J connectivity index is 1.17. The number of phenols is 2. The van der Waals surface area contributed by atoms with E-state index in [1.165, 1.54) is 62.5 Å². The van der Waals surface area contributed by atoms with Crippen molar-refractivity contribution in [2.45, 2.75) is 33.1 Å². The zero-order valence-electron chi connectivity index (χ0n) is 30.0. The van der Waals surface area contributed by atoms with Gasteiger partial charge in [0.1, 0.15) is 22.8 Å². The predicted octanol–water partition coefficient (Wildman–Crippen LogP) is 5.87.